The number of hydrogen-bond donors (Lipinski definition) is 4. The zero-order valence-electron chi connectivity index (χ0n) is 7.07. The summed E-state index contributed by atoms with van der Waals surface area (Å²) >= 11 is 0. The van der Waals surface area contributed by atoms with Crippen LogP contribution in [0, 0.1) is 0 Å². The number of rotatable bonds is 5. The van der Waals surface area contributed by atoms with E-state index in [1.807, 2.05) is 0 Å². The van der Waals surface area contributed by atoms with Crippen LogP contribution in [0.1, 0.15) is 6.42 Å². The Morgan fingerprint density at radius 2 is 1.54 bits per heavy atom. The Labute approximate surface area is 97.6 Å². The Balaban J connectivity index is 0. The first-order chi connectivity index (χ1) is 5.21. The van der Waals surface area contributed by atoms with Crippen molar-refractivity contribution >= 4 is 15.3 Å². The quantitative estimate of drug-likeness (QED) is 0.231. The fraction of sp³-hybridized carbons (Fsp3) is 1.00. The summed E-state index contributed by atoms with van der Waals surface area (Å²) in [6, 6.07) is 0. The van der Waals surface area contributed by atoms with E-state index in [9.17, 15) is 9.13 Å². The van der Waals surface area contributed by atoms with Crippen LogP contribution >= 0.6 is 15.3 Å². The Morgan fingerprint density at radius 1 is 1.08 bits per heavy atom. The third-order valence-corrected chi connectivity index (χ3v) is 2.36. The van der Waals surface area contributed by atoms with Gasteiger partial charge in [0.15, 0.2) is 0 Å². The predicted octanol–water partition coefficient (Wildman–Crippen LogP) is -2.98. The van der Waals surface area contributed by atoms with Crippen molar-refractivity contribution in [3.63, 3.8) is 0 Å². The molecule has 0 saturated heterocycles. The van der Waals surface area contributed by atoms with Crippen molar-refractivity contribution in [2.45, 2.75) is 6.42 Å². The van der Waals surface area contributed by atoms with Crippen LogP contribution in [-0.4, -0.2) is 32.3 Å². The summed E-state index contributed by atoms with van der Waals surface area (Å²) in [7, 11) is -8.44. The van der Waals surface area contributed by atoms with E-state index in [2.05, 4.69) is 5.09 Å². The largest absolute Gasteiger partial charge is 1.00 e. The van der Waals surface area contributed by atoms with Crippen LogP contribution in [0.25, 0.3) is 5.09 Å². The van der Waals surface area contributed by atoms with Crippen molar-refractivity contribution in [2.24, 2.45) is 0 Å². The van der Waals surface area contributed by atoms with E-state index in [1.165, 1.54) is 0 Å². The van der Waals surface area contributed by atoms with Crippen LogP contribution < -0.4 is 29.6 Å². The van der Waals surface area contributed by atoms with Crippen LogP contribution in [0.4, 0.5) is 0 Å². The molecule has 0 rings (SSSR count). The van der Waals surface area contributed by atoms with Gasteiger partial charge in [0.1, 0.15) is 0 Å². The average molecular weight is 241 g/mol. The normalized spacial score (nSPS) is 12.3. The molecule has 0 aromatic rings. The fourth-order valence-electron chi connectivity index (χ4n) is 0.478. The van der Waals surface area contributed by atoms with Crippen LogP contribution in [0.5, 0.6) is 0 Å². The van der Waals surface area contributed by atoms with E-state index >= 15 is 0 Å². The SMILES string of the molecule is O=P(O)(O)CCC[N-]P(=O)(O)O.[Na+]. The van der Waals surface area contributed by atoms with Crippen molar-refractivity contribution in [3.05, 3.63) is 5.09 Å². The second kappa shape index (κ2) is 6.69. The van der Waals surface area contributed by atoms with Gasteiger partial charge in [0.2, 0.25) is 7.75 Å². The van der Waals surface area contributed by atoms with Crippen LogP contribution in [0.3, 0.4) is 0 Å². The van der Waals surface area contributed by atoms with Gasteiger partial charge in [0.25, 0.3) is 0 Å². The molecule has 0 unspecified atom stereocenters. The topological polar surface area (TPSA) is 129 Å². The molecule has 0 atom stereocenters. The first-order valence-electron chi connectivity index (χ1n) is 3.00. The minimum Gasteiger partial charge on any atom is -0.556 e. The molecule has 13 heavy (non-hydrogen) atoms. The van der Waals surface area contributed by atoms with Gasteiger partial charge in [-0.1, -0.05) is 6.42 Å². The molecule has 0 aliphatic rings. The minimum atomic E-state index is -4.38. The maximum atomic E-state index is 10.2. The maximum Gasteiger partial charge on any atom is 1.00 e. The standard InChI is InChI=1S/C3H10NO6P2.Na/c5-11(6,7)3-1-2-4-12(8,9)10;/h1-3H2,(H4-,4,5,6,7,8,9,10);/q-1;+1. The molecule has 0 spiro atoms. The van der Waals surface area contributed by atoms with Crippen LogP contribution in [-0.2, 0) is 9.13 Å². The first-order valence-corrected chi connectivity index (χ1v) is 6.36. The van der Waals surface area contributed by atoms with Gasteiger partial charge in [-0.05, 0) is 0 Å². The first kappa shape index (κ1) is 16.7. The molecule has 4 N–H and O–H groups in total. The molecular weight excluding hydrogens is 231 g/mol. The maximum absolute atomic E-state index is 10.2. The van der Waals surface area contributed by atoms with Gasteiger partial charge in [-0.3, -0.25) is 9.13 Å². The zero-order valence-corrected chi connectivity index (χ0v) is 10.9. The van der Waals surface area contributed by atoms with Crippen molar-refractivity contribution in [2.75, 3.05) is 12.7 Å². The molecule has 7 nitrogen and oxygen atoms in total. The van der Waals surface area contributed by atoms with E-state index in [-0.39, 0.29) is 42.5 Å². The summed E-state index contributed by atoms with van der Waals surface area (Å²) in [5.74, 6) is 0. The third kappa shape index (κ3) is 16.0. The Bertz CT molecular complexity index is 198. The molecule has 0 aliphatic heterocycles. The van der Waals surface area contributed by atoms with Gasteiger partial charge in [0, 0.05) is 6.16 Å². The van der Waals surface area contributed by atoms with E-state index in [0.717, 1.165) is 0 Å². The smallest absolute Gasteiger partial charge is 0.556 e. The molecule has 74 valence electrons. The molecular formula is C3H10NNaO6P2. The van der Waals surface area contributed by atoms with Gasteiger partial charge in [-0.2, -0.15) is 0 Å². The summed E-state index contributed by atoms with van der Waals surface area (Å²) in [5, 5.41) is 2.88. The molecule has 0 aromatic heterocycles. The third-order valence-electron chi connectivity index (χ3n) is 0.892. The van der Waals surface area contributed by atoms with Crippen molar-refractivity contribution < 1.29 is 58.3 Å². The number of nitrogens with zero attached hydrogens (tertiary/aromatic N) is 1. The van der Waals surface area contributed by atoms with Gasteiger partial charge < -0.3 is 24.7 Å². The second-order valence-corrected chi connectivity index (χ2v) is 5.21. The summed E-state index contributed by atoms with van der Waals surface area (Å²) in [5.41, 5.74) is 0. The van der Waals surface area contributed by atoms with Crippen LogP contribution in [0.2, 0.25) is 0 Å². The van der Waals surface area contributed by atoms with Gasteiger partial charge in [-0.25, -0.2) is 0 Å². The molecule has 0 fully saturated rings. The Hall–Kier alpha value is 1.26. The molecule has 0 saturated carbocycles. The van der Waals surface area contributed by atoms with Crippen molar-refractivity contribution in [1.29, 1.82) is 0 Å². The zero-order chi connectivity index (χ0) is 9.83. The monoisotopic (exact) mass is 241 g/mol. The molecule has 0 aromatic carbocycles. The Kier molecular flexibility index (Phi) is 8.58. The van der Waals surface area contributed by atoms with Crippen molar-refractivity contribution in [3.8, 4) is 0 Å². The minimum absolute atomic E-state index is 0. The summed E-state index contributed by atoms with van der Waals surface area (Å²) in [4.78, 5) is 33.0. The molecule has 0 bridgehead atoms. The van der Waals surface area contributed by atoms with Gasteiger partial charge in [0.05, 0.1) is 0 Å². The molecule has 0 heterocycles. The second-order valence-electron chi connectivity index (χ2n) is 2.12. The van der Waals surface area contributed by atoms with E-state index < -0.39 is 21.5 Å². The van der Waals surface area contributed by atoms with Crippen LogP contribution in [0.15, 0.2) is 0 Å². The molecule has 10 heteroatoms. The van der Waals surface area contributed by atoms with E-state index in [0.29, 0.717) is 0 Å². The predicted molar refractivity (Wildman–Crippen MR) is 41.8 cm³/mol. The summed E-state index contributed by atoms with van der Waals surface area (Å²) in [6.45, 7) is -0.241. The average Bonchev–Trinajstić information content (AvgIpc) is 1.76. The number of hydrogen-bond acceptors (Lipinski definition) is 2. The summed E-state index contributed by atoms with van der Waals surface area (Å²) < 4.78 is 20.3. The Morgan fingerprint density at radius 3 is 1.85 bits per heavy atom. The fourth-order valence-corrected chi connectivity index (χ4v) is 1.43. The molecule has 0 radical (unpaired) electrons. The van der Waals surface area contributed by atoms with Gasteiger partial charge >= 0.3 is 37.2 Å². The molecule has 0 amide bonds. The van der Waals surface area contributed by atoms with Crippen molar-refractivity contribution in [1.82, 2.24) is 0 Å². The van der Waals surface area contributed by atoms with E-state index in [4.69, 9.17) is 19.6 Å². The van der Waals surface area contributed by atoms with Gasteiger partial charge in [-0.15, -0.1) is 6.54 Å². The summed E-state index contributed by atoms with van der Waals surface area (Å²) in [6.07, 6.45) is -0.439. The van der Waals surface area contributed by atoms with E-state index in [1.54, 1.807) is 0 Å². The molecule has 0 aliphatic carbocycles.